The Bertz CT molecular complexity index is 326. The Morgan fingerprint density at radius 1 is 1.41 bits per heavy atom. The normalized spacial score (nSPS) is 18.7. The Kier molecular flexibility index (Phi) is 4.57. The molecule has 1 N–H and O–H groups in total. The van der Waals surface area contributed by atoms with E-state index in [1.54, 1.807) is 0 Å². The summed E-state index contributed by atoms with van der Waals surface area (Å²) >= 11 is 0. The molecule has 0 radical (unpaired) electrons. The zero-order valence-electron chi connectivity index (χ0n) is 11.0. The number of aromatic nitrogens is 2. The molecule has 0 saturated carbocycles. The second-order valence-electron chi connectivity index (χ2n) is 5.02. The fraction of sp³-hybridized carbons (Fsp3) is 0.769. The Morgan fingerprint density at radius 2 is 2.18 bits per heavy atom. The maximum absolute atomic E-state index is 4.47. The monoisotopic (exact) mass is 236 g/mol. The van der Waals surface area contributed by atoms with Crippen LogP contribution in [0.1, 0.15) is 37.9 Å². The number of rotatable bonds is 5. The van der Waals surface area contributed by atoms with Crippen LogP contribution in [0.3, 0.4) is 0 Å². The second-order valence-corrected chi connectivity index (χ2v) is 5.02. The summed E-state index contributed by atoms with van der Waals surface area (Å²) in [6.45, 7) is 6.55. The first-order chi connectivity index (χ1) is 8.29. The first kappa shape index (κ1) is 12.6. The van der Waals surface area contributed by atoms with Gasteiger partial charge in [0.25, 0.3) is 0 Å². The van der Waals surface area contributed by atoms with Gasteiger partial charge in [-0.05, 0) is 45.9 Å². The van der Waals surface area contributed by atoms with E-state index < -0.39 is 0 Å². The van der Waals surface area contributed by atoms with Crippen molar-refractivity contribution in [3.63, 3.8) is 0 Å². The maximum atomic E-state index is 4.47. The van der Waals surface area contributed by atoms with E-state index in [2.05, 4.69) is 39.9 Å². The molecule has 1 fully saturated rings. The van der Waals surface area contributed by atoms with Gasteiger partial charge in [-0.2, -0.15) is 0 Å². The molecule has 2 heterocycles. The molecule has 0 aromatic carbocycles. The van der Waals surface area contributed by atoms with E-state index in [0.717, 1.165) is 18.8 Å². The van der Waals surface area contributed by atoms with Gasteiger partial charge >= 0.3 is 0 Å². The summed E-state index contributed by atoms with van der Waals surface area (Å²) in [7, 11) is 2.20. The van der Waals surface area contributed by atoms with Gasteiger partial charge in [-0.1, -0.05) is 6.92 Å². The van der Waals surface area contributed by atoms with Gasteiger partial charge in [-0.15, -0.1) is 0 Å². The average Bonchev–Trinajstić information content (AvgIpc) is 2.79. The molecule has 1 aromatic rings. The van der Waals surface area contributed by atoms with Crippen molar-refractivity contribution in [1.82, 2.24) is 19.8 Å². The van der Waals surface area contributed by atoms with E-state index in [4.69, 9.17) is 0 Å². The van der Waals surface area contributed by atoms with Crippen molar-refractivity contribution in [2.24, 2.45) is 0 Å². The predicted molar refractivity (Wildman–Crippen MR) is 70.0 cm³/mol. The number of likely N-dealkylation sites (tertiary alicyclic amines) is 1. The number of nitrogens with zero attached hydrogens (tertiary/aromatic N) is 3. The third-order valence-electron chi connectivity index (χ3n) is 3.50. The van der Waals surface area contributed by atoms with Gasteiger partial charge in [0.1, 0.15) is 0 Å². The largest absolute Gasteiger partial charge is 0.334 e. The SMILES string of the molecule is CCCNCc1cn(C2CCN(C)CC2)cn1. The highest BCUT2D eigenvalue weighted by atomic mass is 15.1. The van der Waals surface area contributed by atoms with Gasteiger partial charge in [-0.25, -0.2) is 4.98 Å². The molecule has 1 aliphatic rings. The van der Waals surface area contributed by atoms with Crippen LogP contribution < -0.4 is 5.32 Å². The van der Waals surface area contributed by atoms with Crippen LogP contribution in [0, 0.1) is 0 Å². The van der Waals surface area contributed by atoms with Crippen LogP contribution >= 0.6 is 0 Å². The average molecular weight is 236 g/mol. The summed E-state index contributed by atoms with van der Waals surface area (Å²) in [6.07, 6.45) is 7.87. The van der Waals surface area contributed by atoms with Crippen molar-refractivity contribution in [3.05, 3.63) is 18.2 Å². The topological polar surface area (TPSA) is 33.1 Å². The van der Waals surface area contributed by atoms with Gasteiger partial charge in [0.05, 0.1) is 12.0 Å². The van der Waals surface area contributed by atoms with Crippen molar-refractivity contribution in [2.45, 2.75) is 38.8 Å². The molecule has 0 spiro atoms. The first-order valence-electron chi connectivity index (χ1n) is 6.71. The zero-order chi connectivity index (χ0) is 12.1. The summed E-state index contributed by atoms with van der Waals surface area (Å²) < 4.78 is 2.30. The Morgan fingerprint density at radius 3 is 2.88 bits per heavy atom. The minimum atomic E-state index is 0.652. The quantitative estimate of drug-likeness (QED) is 0.789. The smallest absolute Gasteiger partial charge is 0.0952 e. The lowest BCUT2D eigenvalue weighted by atomic mass is 10.1. The van der Waals surface area contributed by atoms with E-state index in [1.807, 2.05) is 6.33 Å². The molecular weight excluding hydrogens is 212 g/mol. The van der Waals surface area contributed by atoms with Crippen LogP contribution in [0.4, 0.5) is 0 Å². The molecule has 0 bridgehead atoms. The summed E-state index contributed by atoms with van der Waals surface area (Å²) in [5, 5.41) is 3.39. The maximum Gasteiger partial charge on any atom is 0.0952 e. The highest BCUT2D eigenvalue weighted by Crippen LogP contribution is 2.21. The molecule has 1 aliphatic heterocycles. The summed E-state index contributed by atoms with van der Waals surface area (Å²) in [5.41, 5.74) is 1.16. The predicted octanol–water partition coefficient (Wildman–Crippen LogP) is 1.65. The molecule has 4 heteroatoms. The lowest BCUT2D eigenvalue weighted by Gasteiger charge is -2.29. The van der Waals surface area contributed by atoms with Crippen molar-refractivity contribution in [3.8, 4) is 0 Å². The van der Waals surface area contributed by atoms with Gasteiger partial charge < -0.3 is 14.8 Å². The van der Waals surface area contributed by atoms with E-state index in [0.29, 0.717) is 6.04 Å². The second kappa shape index (κ2) is 6.17. The van der Waals surface area contributed by atoms with Crippen LogP contribution in [0.2, 0.25) is 0 Å². The van der Waals surface area contributed by atoms with Gasteiger partial charge in [0, 0.05) is 18.8 Å². The molecule has 96 valence electrons. The van der Waals surface area contributed by atoms with Gasteiger partial charge in [-0.3, -0.25) is 0 Å². The Balaban J connectivity index is 1.85. The van der Waals surface area contributed by atoms with Crippen molar-refractivity contribution < 1.29 is 0 Å². The third-order valence-corrected chi connectivity index (χ3v) is 3.50. The van der Waals surface area contributed by atoms with E-state index in [-0.39, 0.29) is 0 Å². The lowest BCUT2D eigenvalue weighted by molar-refractivity contribution is 0.221. The Hall–Kier alpha value is -0.870. The molecule has 17 heavy (non-hydrogen) atoms. The molecule has 1 aromatic heterocycles. The highest BCUT2D eigenvalue weighted by molar-refractivity contribution is 4.98. The van der Waals surface area contributed by atoms with Crippen molar-refractivity contribution >= 4 is 0 Å². The molecular formula is C13H24N4. The summed E-state index contributed by atoms with van der Waals surface area (Å²) in [6, 6.07) is 0.652. The van der Waals surface area contributed by atoms with E-state index in [1.165, 1.54) is 32.4 Å². The van der Waals surface area contributed by atoms with E-state index in [9.17, 15) is 0 Å². The highest BCUT2D eigenvalue weighted by Gasteiger charge is 2.17. The summed E-state index contributed by atoms with van der Waals surface area (Å²) in [4.78, 5) is 6.87. The fourth-order valence-corrected chi connectivity index (χ4v) is 2.36. The lowest BCUT2D eigenvalue weighted by Crippen LogP contribution is -2.31. The molecule has 0 atom stereocenters. The van der Waals surface area contributed by atoms with Crippen LogP contribution in [-0.4, -0.2) is 41.1 Å². The number of imidazole rings is 1. The number of nitrogens with one attached hydrogen (secondary N) is 1. The minimum absolute atomic E-state index is 0.652. The molecule has 1 saturated heterocycles. The van der Waals surface area contributed by atoms with Crippen LogP contribution in [0.25, 0.3) is 0 Å². The van der Waals surface area contributed by atoms with Crippen LogP contribution in [0.15, 0.2) is 12.5 Å². The van der Waals surface area contributed by atoms with Gasteiger partial charge in [0.15, 0.2) is 0 Å². The van der Waals surface area contributed by atoms with Crippen LogP contribution in [0.5, 0.6) is 0 Å². The molecule has 0 aliphatic carbocycles. The minimum Gasteiger partial charge on any atom is -0.334 e. The molecule has 0 unspecified atom stereocenters. The number of piperidine rings is 1. The van der Waals surface area contributed by atoms with Gasteiger partial charge in [0.2, 0.25) is 0 Å². The number of hydrogen-bond acceptors (Lipinski definition) is 3. The van der Waals surface area contributed by atoms with Crippen molar-refractivity contribution in [2.75, 3.05) is 26.7 Å². The fourth-order valence-electron chi connectivity index (χ4n) is 2.36. The molecule has 0 amide bonds. The standard InChI is InChI=1S/C13H24N4/c1-3-6-14-9-12-10-17(11-15-12)13-4-7-16(2)8-5-13/h10-11,13-14H,3-9H2,1-2H3. The number of hydrogen-bond donors (Lipinski definition) is 1. The van der Waals surface area contributed by atoms with Crippen LogP contribution in [-0.2, 0) is 6.54 Å². The molecule has 4 nitrogen and oxygen atoms in total. The van der Waals surface area contributed by atoms with Crippen molar-refractivity contribution in [1.29, 1.82) is 0 Å². The molecule has 2 rings (SSSR count). The van der Waals surface area contributed by atoms with E-state index >= 15 is 0 Å². The third kappa shape index (κ3) is 3.54. The summed E-state index contributed by atoms with van der Waals surface area (Å²) in [5.74, 6) is 0. The Labute approximate surface area is 104 Å². The first-order valence-corrected chi connectivity index (χ1v) is 6.71. The zero-order valence-corrected chi connectivity index (χ0v) is 11.0.